The van der Waals surface area contributed by atoms with Crippen molar-refractivity contribution in [2.75, 3.05) is 13.7 Å². The lowest BCUT2D eigenvalue weighted by Gasteiger charge is -2.28. The van der Waals surface area contributed by atoms with Crippen molar-refractivity contribution in [2.45, 2.75) is 77.9 Å². The first-order chi connectivity index (χ1) is 18.5. The van der Waals surface area contributed by atoms with Crippen LogP contribution in [0, 0.1) is 31.4 Å². The van der Waals surface area contributed by atoms with Crippen molar-refractivity contribution in [2.24, 2.45) is 5.92 Å². The molecule has 220 valence electrons. The summed E-state index contributed by atoms with van der Waals surface area (Å²) < 4.78 is 35.0. The van der Waals surface area contributed by atoms with E-state index in [-0.39, 0.29) is 29.8 Å². The molecule has 40 heavy (non-hydrogen) atoms. The molecule has 2 amide bonds. The van der Waals surface area contributed by atoms with Gasteiger partial charge < -0.3 is 20.7 Å². The van der Waals surface area contributed by atoms with Crippen molar-refractivity contribution < 1.29 is 27.9 Å². The molecule has 0 radical (unpaired) electrons. The number of ether oxygens (including phenoxy) is 1. The molecule has 1 aliphatic rings. The molecule has 2 aromatic rings. The topological polar surface area (TPSA) is 96.5 Å². The normalized spacial score (nSPS) is 16.4. The Bertz CT molecular complexity index is 1180. The summed E-state index contributed by atoms with van der Waals surface area (Å²) >= 11 is 0. The number of hydrogen-bond acceptors (Lipinski definition) is 5. The molecule has 3 atom stereocenters. The minimum Gasteiger partial charge on any atom is -0.469 e. The molecule has 1 aliphatic heterocycles. The Kier molecular flexibility index (Phi) is 12.5. The molecule has 1 saturated heterocycles. The van der Waals surface area contributed by atoms with Crippen LogP contribution < -0.4 is 16.0 Å². The molecule has 0 aliphatic carbocycles. The summed E-state index contributed by atoms with van der Waals surface area (Å²) in [6.45, 7) is 8.30. The molecule has 10 heteroatoms. The summed E-state index contributed by atoms with van der Waals surface area (Å²) in [6.07, 6.45) is 2.48. The van der Waals surface area contributed by atoms with Gasteiger partial charge in [0.15, 0.2) is 11.6 Å². The maximum atomic E-state index is 15.3. The lowest BCUT2D eigenvalue weighted by molar-refractivity contribution is -0.141. The van der Waals surface area contributed by atoms with Gasteiger partial charge in [-0.1, -0.05) is 38.5 Å². The second-order valence-corrected chi connectivity index (χ2v) is 10.7. The van der Waals surface area contributed by atoms with Crippen LogP contribution in [0.3, 0.4) is 0 Å². The van der Waals surface area contributed by atoms with E-state index >= 15 is 4.39 Å². The monoisotopic (exact) mass is 579 g/mol. The smallest absolute Gasteiger partial charge is 0.307 e. The molecule has 0 aromatic heterocycles. The third-order valence-electron chi connectivity index (χ3n) is 7.08. The van der Waals surface area contributed by atoms with Crippen molar-refractivity contribution in [3.63, 3.8) is 0 Å². The molecule has 0 bridgehead atoms. The minimum absolute atomic E-state index is 0. The number of rotatable bonds is 10. The molecule has 1 fully saturated rings. The number of halogens is 3. The van der Waals surface area contributed by atoms with E-state index < -0.39 is 48.1 Å². The molecule has 2 aromatic carbocycles. The molecule has 3 rings (SSSR count). The third-order valence-corrected chi connectivity index (χ3v) is 7.08. The van der Waals surface area contributed by atoms with Crippen molar-refractivity contribution in [3.05, 3.63) is 58.7 Å². The van der Waals surface area contributed by atoms with Gasteiger partial charge in [0.05, 0.1) is 25.6 Å². The van der Waals surface area contributed by atoms with Gasteiger partial charge in [-0.25, -0.2) is 8.78 Å². The Morgan fingerprint density at radius 2 is 1.75 bits per heavy atom. The highest BCUT2D eigenvalue weighted by molar-refractivity contribution is 5.90. The lowest BCUT2D eigenvalue weighted by atomic mass is 9.92. The van der Waals surface area contributed by atoms with E-state index in [4.69, 9.17) is 4.74 Å². The van der Waals surface area contributed by atoms with E-state index in [0.717, 1.165) is 42.1 Å². The van der Waals surface area contributed by atoms with Crippen molar-refractivity contribution in [1.82, 2.24) is 16.0 Å². The molecule has 7 nitrogen and oxygen atoms in total. The van der Waals surface area contributed by atoms with Gasteiger partial charge in [-0.05, 0) is 80.0 Å². The summed E-state index contributed by atoms with van der Waals surface area (Å²) in [7, 11) is 1.18. The first kappa shape index (κ1) is 33.2. The van der Waals surface area contributed by atoms with E-state index in [0.29, 0.717) is 18.4 Å². The Morgan fingerprint density at radius 1 is 1.07 bits per heavy atom. The van der Waals surface area contributed by atoms with Crippen LogP contribution in [-0.2, 0) is 19.1 Å². The zero-order chi connectivity index (χ0) is 28.7. The molecular weight excluding hydrogens is 540 g/mol. The zero-order valence-electron chi connectivity index (χ0n) is 23.7. The van der Waals surface area contributed by atoms with Crippen LogP contribution in [0.4, 0.5) is 8.78 Å². The number of aryl methyl sites for hydroxylation is 2. The Labute approximate surface area is 241 Å². The van der Waals surface area contributed by atoms with Crippen LogP contribution in [0.15, 0.2) is 30.3 Å². The fourth-order valence-electron chi connectivity index (χ4n) is 5.09. The first-order valence-corrected chi connectivity index (χ1v) is 13.5. The highest BCUT2D eigenvalue weighted by Crippen LogP contribution is 2.33. The summed E-state index contributed by atoms with van der Waals surface area (Å²) in [5.74, 6) is -3.76. The molecule has 0 saturated carbocycles. The second-order valence-electron chi connectivity index (χ2n) is 10.7. The number of nitrogens with one attached hydrogen (secondary N) is 3. The fourth-order valence-corrected chi connectivity index (χ4v) is 5.09. The number of hydrogen-bond donors (Lipinski definition) is 3. The highest BCUT2D eigenvalue weighted by Gasteiger charge is 2.31. The van der Waals surface area contributed by atoms with Crippen LogP contribution in [0.2, 0.25) is 0 Å². The molecule has 0 spiro atoms. The van der Waals surface area contributed by atoms with Crippen LogP contribution in [-0.4, -0.2) is 43.5 Å². The van der Waals surface area contributed by atoms with Gasteiger partial charge >= 0.3 is 5.97 Å². The van der Waals surface area contributed by atoms with Gasteiger partial charge in [0.1, 0.15) is 6.04 Å². The van der Waals surface area contributed by atoms with Gasteiger partial charge in [-0.2, -0.15) is 0 Å². The van der Waals surface area contributed by atoms with Crippen LogP contribution in [0.25, 0.3) is 11.1 Å². The maximum absolute atomic E-state index is 15.3. The predicted molar refractivity (Wildman–Crippen MR) is 153 cm³/mol. The van der Waals surface area contributed by atoms with E-state index in [9.17, 15) is 18.8 Å². The number of benzene rings is 2. The predicted octanol–water partition coefficient (Wildman–Crippen LogP) is 5.06. The van der Waals surface area contributed by atoms with Gasteiger partial charge in [-0.15, -0.1) is 12.4 Å². The zero-order valence-corrected chi connectivity index (χ0v) is 24.6. The van der Waals surface area contributed by atoms with Crippen molar-refractivity contribution in [1.29, 1.82) is 0 Å². The summed E-state index contributed by atoms with van der Waals surface area (Å²) in [4.78, 5) is 38.7. The SMILES string of the molecule is COC(=O)C[C@H](NC(=O)[C@H](CC(C)C)NC(=O)[C@H]1CCCCN1)c1cc(-c2c(C)cccc2C)cc(F)c1F.Cl. The molecule has 1 heterocycles. The standard InChI is InChI=1S/C30H39F2N3O4.ClH/c1-17(2)13-25(35-29(37)23-11-6-7-12-33-23)30(38)34-24(16-26(36)39-5)21-14-20(15-22(31)28(21)32)27-18(3)9-8-10-19(27)4;/h8-10,14-15,17,23-25,33H,6-7,11-13,16H2,1-5H3,(H,34,38)(H,35,37);1H/t23-,24+,25+;/m1./s1. The van der Waals surface area contributed by atoms with Gasteiger partial charge in [0.25, 0.3) is 0 Å². The number of carbonyl (C=O) groups excluding carboxylic acids is 3. The number of piperidine rings is 1. The van der Waals surface area contributed by atoms with E-state index in [1.54, 1.807) is 0 Å². The minimum atomic E-state index is -1.22. The number of esters is 1. The van der Waals surface area contributed by atoms with Crippen LogP contribution >= 0.6 is 12.4 Å². The Balaban J connectivity index is 0.00000560. The van der Waals surface area contributed by atoms with Gasteiger partial charge in [0.2, 0.25) is 11.8 Å². The fraction of sp³-hybridized carbons (Fsp3) is 0.500. The van der Waals surface area contributed by atoms with Gasteiger partial charge in [0, 0.05) is 5.56 Å². The number of amides is 2. The van der Waals surface area contributed by atoms with E-state index in [1.165, 1.54) is 13.2 Å². The highest BCUT2D eigenvalue weighted by atomic mass is 35.5. The Morgan fingerprint density at radius 3 is 2.33 bits per heavy atom. The largest absolute Gasteiger partial charge is 0.469 e. The first-order valence-electron chi connectivity index (χ1n) is 13.5. The maximum Gasteiger partial charge on any atom is 0.307 e. The summed E-state index contributed by atoms with van der Waals surface area (Å²) in [5, 5.41) is 8.69. The molecular formula is C30H40ClF2N3O4. The second kappa shape index (κ2) is 15.1. The van der Waals surface area contributed by atoms with Gasteiger partial charge in [-0.3, -0.25) is 14.4 Å². The summed E-state index contributed by atoms with van der Waals surface area (Å²) in [5.41, 5.74) is 2.74. The quantitative estimate of drug-likeness (QED) is 0.342. The lowest BCUT2D eigenvalue weighted by Crippen LogP contribution is -2.54. The van der Waals surface area contributed by atoms with E-state index in [2.05, 4.69) is 16.0 Å². The number of methoxy groups -OCH3 is 1. The molecule has 3 N–H and O–H groups in total. The third kappa shape index (κ3) is 8.48. The van der Waals surface area contributed by atoms with Crippen molar-refractivity contribution in [3.8, 4) is 11.1 Å². The average Bonchev–Trinajstić information content (AvgIpc) is 2.89. The van der Waals surface area contributed by atoms with E-state index in [1.807, 2.05) is 45.9 Å². The van der Waals surface area contributed by atoms with Crippen molar-refractivity contribution >= 4 is 30.2 Å². The van der Waals surface area contributed by atoms with Crippen LogP contribution in [0.5, 0.6) is 0 Å². The molecule has 0 unspecified atom stereocenters. The Hall–Kier alpha value is -3.04. The number of carbonyl (C=O) groups is 3. The van der Waals surface area contributed by atoms with Crippen LogP contribution in [0.1, 0.15) is 68.7 Å². The summed E-state index contributed by atoms with van der Waals surface area (Å²) in [6, 6.07) is 5.66. The average molecular weight is 580 g/mol.